The molecule has 0 saturated carbocycles. The highest BCUT2D eigenvalue weighted by Crippen LogP contribution is 2.39. The molecular formula is C14H20BrN. The van der Waals surface area contributed by atoms with Gasteiger partial charge in [-0.25, -0.2) is 0 Å². The Morgan fingerprint density at radius 1 is 1.38 bits per heavy atom. The van der Waals surface area contributed by atoms with Crippen LogP contribution in [0.25, 0.3) is 0 Å². The summed E-state index contributed by atoms with van der Waals surface area (Å²) >= 11 is 3.69. The second kappa shape index (κ2) is 4.89. The molecular weight excluding hydrogens is 262 g/mol. The normalized spacial score (nSPS) is 20.2. The van der Waals surface area contributed by atoms with E-state index in [1.807, 2.05) is 0 Å². The lowest BCUT2D eigenvalue weighted by molar-refractivity contribution is 0.220. The van der Waals surface area contributed by atoms with Crippen molar-refractivity contribution in [3.63, 3.8) is 0 Å². The zero-order chi connectivity index (χ0) is 11.6. The number of benzene rings is 1. The molecule has 1 fully saturated rings. The average Bonchev–Trinajstić information content (AvgIpc) is 2.24. The molecule has 0 radical (unpaired) electrons. The molecule has 1 atom stereocenters. The van der Waals surface area contributed by atoms with Crippen molar-refractivity contribution in [1.29, 1.82) is 0 Å². The molecule has 1 nitrogen and oxygen atoms in total. The molecule has 0 spiro atoms. The number of hydrogen-bond donors (Lipinski definition) is 1. The summed E-state index contributed by atoms with van der Waals surface area (Å²) in [5.41, 5.74) is 1.85. The van der Waals surface area contributed by atoms with Gasteiger partial charge < -0.3 is 5.32 Å². The Balaban J connectivity index is 2.25. The highest BCUT2D eigenvalue weighted by molar-refractivity contribution is 9.10. The van der Waals surface area contributed by atoms with Gasteiger partial charge in [0.25, 0.3) is 0 Å². The number of hydrogen-bond acceptors (Lipinski definition) is 1. The van der Waals surface area contributed by atoms with Crippen LogP contribution in [-0.4, -0.2) is 13.1 Å². The van der Waals surface area contributed by atoms with E-state index >= 15 is 0 Å². The van der Waals surface area contributed by atoms with Crippen molar-refractivity contribution in [2.45, 2.75) is 32.1 Å². The van der Waals surface area contributed by atoms with Gasteiger partial charge in [0.2, 0.25) is 0 Å². The second-order valence-corrected chi connectivity index (χ2v) is 5.94. The summed E-state index contributed by atoms with van der Waals surface area (Å²) in [7, 11) is 0. The molecule has 88 valence electrons. The van der Waals surface area contributed by atoms with Crippen LogP contribution in [0.1, 0.15) is 32.3 Å². The largest absolute Gasteiger partial charge is 0.315 e. The molecule has 0 amide bonds. The van der Waals surface area contributed by atoms with Crippen LogP contribution < -0.4 is 5.32 Å². The summed E-state index contributed by atoms with van der Waals surface area (Å²) in [6.45, 7) is 6.89. The van der Waals surface area contributed by atoms with Gasteiger partial charge in [-0.15, -0.1) is 0 Å². The smallest absolute Gasteiger partial charge is 0.0216 e. The SMILES string of the molecule is CCC(C)CC1(c2ccccc2Br)CNC1. The van der Waals surface area contributed by atoms with Crippen molar-refractivity contribution in [3.05, 3.63) is 34.3 Å². The Morgan fingerprint density at radius 2 is 2.06 bits per heavy atom. The first-order valence-electron chi connectivity index (χ1n) is 6.14. The average molecular weight is 282 g/mol. The third-order valence-corrected chi connectivity index (χ3v) is 4.50. The third kappa shape index (κ3) is 2.18. The standard InChI is InChI=1S/C14H20BrN/c1-3-11(2)8-14(9-16-10-14)12-6-4-5-7-13(12)15/h4-7,11,16H,3,8-10H2,1-2H3. The van der Waals surface area contributed by atoms with Crippen LogP contribution in [0.15, 0.2) is 28.7 Å². The van der Waals surface area contributed by atoms with E-state index < -0.39 is 0 Å². The van der Waals surface area contributed by atoms with Crippen LogP contribution >= 0.6 is 15.9 Å². The van der Waals surface area contributed by atoms with Crippen molar-refractivity contribution in [3.8, 4) is 0 Å². The molecule has 0 bridgehead atoms. The summed E-state index contributed by atoms with van der Waals surface area (Å²) in [5.74, 6) is 0.800. The Bertz CT molecular complexity index is 358. The maximum Gasteiger partial charge on any atom is 0.0216 e. The predicted octanol–water partition coefficient (Wildman–Crippen LogP) is 3.73. The zero-order valence-corrected chi connectivity index (χ0v) is 11.7. The molecule has 1 aromatic carbocycles. The maximum absolute atomic E-state index is 3.69. The fourth-order valence-corrected chi connectivity index (χ4v) is 3.28. The first-order valence-corrected chi connectivity index (χ1v) is 6.93. The summed E-state index contributed by atoms with van der Waals surface area (Å²) in [5, 5.41) is 3.44. The van der Waals surface area contributed by atoms with Gasteiger partial charge in [0.15, 0.2) is 0 Å². The molecule has 2 heteroatoms. The van der Waals surface area contributed by atoms with Gasteiger partial charge in [-0.3, -0.25) is 0 Å². The van der Waals surface area contributed by atoms with E-state index in [1.165, 1.54) is 22.9 Å². The number of halogens is 1. The number of rotatable bonds is 4. The van der Waals surface area contributed by atoms with Gasteiger partial charge in [0.05, 0.1) is 0 Å². The Hall–Kier alpha value is -0.340. The van der Waals surface area contributed by atoms with E-state index in [4.69, 9.17) is 0 Å². The first kappa shape index (κ1) is 12.1. The van der Waals surface area contributed by atoms with Crippen LogP contribution in [-0.2, 0) is 5.41 Å². The summed E-state index contributed by atoms with van der Waals surface area (Å²) in [6, 6.07) is 8.67. The van der Waals surface area contributed by atoms with Gasteiger partial charge >= 0.3 is 0 Å². The van der Waals surface area contributed by atoms with E-state index in [0.717, 1.165) is 19.0 Å². The predicted molar refractivity (Wildman–Crippen MR) is 72.8 cm³/mol. The van der Waals surface area contributed by atoms with Crippen LogP contribution in [0.3, 0.4) is 0 Å². The van der Waals surface area contributed by atoms with Crippen molar-refractivity contribution < 1.29 is 0 Å². The van der Waals surface area contributed by atoms with Crippen molar-refractivity contribution in [2.75, 3.05) is 13.1 Å². The third-order valence-electron chi connectivity index (χ3n) is 3.81. The second-order valence-electron chi connectivity index (χ2n) is 5.08. The molecule has 1 N–H and O–H groups in total. The van der Waals surface area contributed by atoms with Crippen LogP contribution in [0.2, 0.25) is 0 Å². The maximum atomic E-state index is 3.69. The van der Waals surface area contributed by atoms with Crippen LogP contribution in [0.5, 0.6) is 0 Å². The Morgan fingerprint density at radius 3 is 2.56 bits per heavy atom. The summed E-state index contributed by atoms with van der Waals surface area (Å²) in [6.07, 6.45) is 2.56. The molecule has 1 aliphatic rings. The van der Waals surface area contributed by atoms with Crippen molar-refractivity contribution >= 4 is 15.9 Å². The summed E-state index contributed by atoms with van der Waals surface area (Å²) in [4.78, 5) is 0. The first-order chi connectivity index (χ1) is 7.68. The Labute approximate surface area is 107 Å². The molecule has 1 unspecified atom stereocenters. The van der Waals surface area contributed by atoms with E-state index in [-0.39, 0.29) is 0 Å². The van der Waals surface area contributed by atoms with E-state index in [0.29, 0.717) is 5.41 Å². The molecule has 16 heavy (non-hydrogen) atoms. The monoisotopic (exact) mass is 281 g/mol. The van der Waals surface area contributed by atoms with Gasteiger partial charge in [-0.1, -0.05) is 54.4 Å². The van der Waals surface area contributed by atoms with Crippen LogP contribution in [0, 0.1) is 5.92 Å². The highest BCUT2D eigenvalue weighted by atomic mass is 79.9. The molecule has 1 aromatic rings. The lowest BCUT2D eigenvalue weighted by Crippen LogP contribution is -2.57. The van der Waals surface area contributed by atoms with E-state index in [2.05, 4.69) is 59.4 Å². The quantitative estimate of drug-likeness (QED) is 0.887. The highest BCUT2D eigenvalue weighted by Gasteiger charge is 2.40. The lowest BCUT2D eigenvalue weighted by Gasteiger charge is -2.45. The van der Waals surface area contributed by atoms with Crippen molar-refractivity contribution in [1.82, 2.24) is 5.32 Å². The molecule has 0 aliphatic carbocycles. The van der Waals surface area contributed by atoms with E-state index in [1.54, 1.807) is 0 Å². The lowest BCUT2D eigenvalue weighted by atomic mass is 9.69. The molecule has 1 aliphatic heterocycles. The van der Waals surface area contributed by atoms with Gasteiger partial charge in [0.1, 0.15) is 0 Å². The van der Waals surface area contributed by atoms with Crippen LogP contribution in [0.4, 0.5) is 0 Å². The summed E-state index contributed by atoms with van der Waals surface area (Å²) < 4.78 is 1.26. The minimum absolute atomic E-state index is 0.371. The zero-order valence-electron chi connectivity index (χ0n) is 10.1. The number of nitrogens with one attached hydrogen (secondary N) is 1. The van der Waals surface area contributed by atoms with Crippen molar-refractivity contribution in [2.24, 2.45) is 5.92 Å². The molecule has 0 aromatic heterocycles. The Kier molecular flexibility index (Phi) is 3.70. The molecule has 1 saturated heterocycles. The minimum atomic E-state index is 0.371. The minimum Gasteiger partial charge on any atom is -0.315 e. The van der Waals surface area contributed by atoms with Gasteiger partial charge in [0, 0.05) is 23.0 Å². The van der Waals surface area contributed by atoms with Gasteiger partial charge in [-0.2, -0.15) is 0 Å². The fourth-order valence-electron chi connectivity index (χ4n) is 2.57. The fraction of sp³-hybridized carbons (Fsp3) is 0.571. The molecule has 2 rings (SSSR count). The molecule has 1 heterocycles. The topological polar surface area (TPSA) is 12.0 Å². The van der Waals surface area contributed by atoms with E-state index in [9.17, 15) is 0 Å². The van der Waals surface area contributed by atoms with Gasteiger partial charge in [-0.05, 0) is 24.0 Å².